The summed E-state index contributed by atoms with van der Waals surface area (Å²) >= 11 is 0. The largest absolute Gasteiger partial charge is 0.457 e. The second-order valence-corrected chi connectivity index (χ2v) is 8.22. The number of benzene rings is 2. The molecule has 2 aromatic carbocycles. The Labute approximate surface area is 174 Å². The van der Waals surface area contributed by atoms with E-state index in [4.69, 9.17) is 9.73 Å². The van der Waals surface area contributed by atoms with E-state index in [1.165, 1.54) is 37.7 Å². The molecule has 1 aliphatic rings. The van der Waals surface area contributed by atoms with Crippen LogP contribution < -0.4 is 0 Å². The number of aryl methyl sites for hydroxylation is 3. The maximum atomic E-state index is 12.6. The molecule has 2 aromatic rings. The Morgan fingerprint density at radius 2 is 1.76 bits per heavy atom. The van der Waals surface area contributed by atoms with Crippen molar-refractivity contribution in [2.75, 3.05) is 7.05 Å². The van der Waals surface area contributed by atoms with Crippen LogP contribution in [0, 0.1) is 20.8 Å². The molecule has 0 aliphatic heterocycles. The van der Waals surface area contributed by atoms with Gasteiger partial charge in [-0.25, -0.2) is 9.79 Å². The van der Waals surface area contributed by atoms with Crippen molar-refractivity contribution in [1.82, 2.24) is 4.90 Å². The molecule has 1 saturated carbocycles. The molecular formula is C25H32N2O2. The number of rotatable bonds is 6. The predicted molar refractivity (Wildman–Crippen MR) is 119 cm³/mol. The second kappa shape index (κ2) is 9.73. The van der Waals surface area contributed by atoms with E-state index in [0.29, 0.717) is 11.6 Å². The molecule has 154 valence electrons. The van der Waals surface area contributed by atoms with E-state index in [0.717, 1.165) is 22.4 Å². The molecule has 0 atom stereocenters. The molecule has 3 rings (SSSR count). The predicted octanol–water partition coefficient (Wildman–Crippen LogP) is 5.89. The highest BCUT2D eigenvalue weighted by Gasteiger charge is 2.16. The van der Waals surface area contributed by atoms with Gasteiger partial charge in [0.1, 0.15) is 6.61 Å². The maximum Gasteiger partial charge on any atom is 0.338 e. The number of ether oxygens (including phenoxy) is 1. The van der Waals surface area contributed by atoms with E-state index in [1.54, 1.807) is 0 Å². The van der Waals surface area contributed by atoms with E-state index in [9.17, 15) is 4.79 Å². The van der Waals surface area contributed by atoms with Gasteiger partial charge >= 0.3 is 5.97 Å². The molecular weight excluding hydrogens is 360 g/mol. The van der Waals surface area contributed by atoms with E-state index in [2.05, 4.69) is 11.9 Å². The summed E-state index contributed by atoms with van der Waals surface area (Å²) in [5.41, 5.74) is 5.56. The van der Waals surface area contributed by atoms with E-state index in [-0.39, 0.29) is 12.6 Å². The van der Waals surface area contributed by atoms with Crippen LogP contribution in [0.25, 0.3) is 0 Å². The summed E-state index contributed by atoms with van der Waals surface area (Å²) in [6.45, 7) is 6.25. The molecule has 0 heterocycles. The zero-order valence-corrected chi connectivity index (χ0v) is 18.1. The Morgan fingerprint density at radius 3 is 2.45 bits per heavy atom. The third kappa shape index (κ3) is 5.69. The molecule has 4 nitrogen and oxygen atoms in total. The minimum atomic E-state index is -0.291. The Hall–Kier alpha value is -2.62. The minimum absolute atomic E-state index is 0.281. The van der Waals surface area contributed by atoms with Crippen molar-refractivity contribution < 1.29 is 9.53 Å². The highest BCUT2D eigenvalue weighted by molar-refractivity contribution is 5.92. The summed E-state index contributed by atoms with van der Waals surface area (Å²) in [7, 11) is 2.11. The lowest BCUT2D eigenvalue weighted by Gasteiger charge is -2.29. The maximum absolute atomic E-state index is 12.6. The highest BCUT2D eigenvalue weighted by Crippen LogP contribution is 2.25. The standard InChI is InChI=1S/C25H32N2O2/c1-18-10-12-21(13-11-18)16-29-25(28)23-14-20(3)24(15-19(23)2)26-17-27(4)22-8-6-5-7-9-22/h10-15,17,22H,5-9,16H2,1-4H3/b26-17+. The fourth-order valence-electron chi connectivity index (χ4n) is 3.81. The molecule has 0 spiro atoms. The zero-order chi connectivity index (χ0) is 20.8. The average Bonchev–Trinajstić information content (AvgIpc) is 2.73. The third-order valence-electron chi connectivity index (χ3n) is 5.78. The SMILES string of the molecule is Cc1ccc(COC(=O)c2cc(C)c(/N=C/N(C)C3CCCCC3)cc2C)cc1. The van der Waals surface area contributed by atoms with Gasteiger partial charge in [0.25, 0.3) is 0 Å². The number of carbonyl (C=O) groups excluding carboxylic acids is 1. The number of nitrogens with zero attached hydrogens (tertiary/aromatic N) is 2. The first-order valence-corrected chi connectivity index (χ1v) is 10.5. The van der Waals surface area contributed by atoms with E-state index >= 15 is 0 Å². The van der Waals surface area contributed by atoms with Crippen LogP contribution in [0.2, 0.25) is 0 Å². The lowest BCUT2D eigenvalue weighted by Crippen LogP contribution is -2.32. The minimum Gasteiger partial charge on any atom is -0.457 e. The van der Waals surface area contributed by atoms with Gasteiger partial charge in [0.15, 0.2) is 0 Å². The summed E-state index contributed by atoms with van der Waals surface area (Å²) in [6, 6.07) is 12.5. The van der Waals surface area contributed by atoms with Gasteiger partial charge in [0, 0.05) is 13.1 Å². The van der Waals surface area contributed by atoms with E-state index < -0.39 is 0 Å². The molecule has 0 bridgehead atoms. The lowest BCUT2D eigenvalue weighted by molar-refractivity contribution is 0.0472. The Kier molecular flexibility index (Phi) is 7.08. The number of carbonyl (C=O) groups is 1. The van der Waals surface area contributed by atoms with Gasteiger partial charge < -0.3 is 9.64 Å². The van der Waals surface area contributed by atoms with Gasteiger partial charge in [-0.1, -0.05) is 49.1 Å². The normalized spacial score (nSPS) is 14.9. The van der Waals surface area contributed by atoms with E-state index in [1.807, 2.05) is 63.5 Å². The van der Waals surface area contributed by atoms with Gasteiger partial charge in [-0.3, -0.25) is 0 Å². The molecule has 0 radical (unpaired) electrons. The van der Waals surface area contributed by atoms with Crippen molar-refractivity contribution in [3.63, 3.8) is 0 Å². The summed E-state index contributed by atoms with van der Waals surface area (Å²) in [5.74, 6) is -0.291. The van der Waals surface area contributed by atoms with Gasteiger partial charge in [0.2, 0.25) is 0 Å². The van der Waals surface area contributed by atoms with Gasteiger partial charge in [-0.15, -0.1) is 0 Å². The smallest absolute Gasteiger partial charge is 0.338 e. The third-order valence-corrected chi connectivity index (χ3v) is 5.78. The molecule has 4 heteroatoms. The first-order valence-electron chi connectivity index (χ1n) is 10.5. The average molecular weight is 393 g/mol. The van der Waals surface area contributed by atoms with Crippen LogP contribution >= 0.6 is 0 Å². The van der Waals surface area contributed by atoms with Crippen molar-refractivity contribution in [2.24, 2.45) is 4.99 Å². The van der Waals surface area contributed by atoms with Crippen LogP contribution in [0.3, 0.4) is 0 Å². The van der Waals surface area contributed by atoms with Crippen LogP contribution in [0.15, 0.2) is 41.4 Å². The van der Waals surface area contributed by atoms with Crippen molar-refractivity contribution in [1.29, 1.82) is 0 Å². The van der Waals surface area contributed by atoms with Gasteiger partial charge in [-0.05, 0) is 62.4 Å². The fourth-order valence-corrected chi connectivity index (χ4v) is 3.81. The second-order valence-electron chi connectivity index (χ2n) is 8.22. The molecule has 0 N–H and O–H groups in total. The Morgan fingerprint density at radius 1 is 1.07 bits per heavy atom. The molecule has 0 amide bonds. The topological polar surface area (TPSA) is 41.9 Å². The van der Waals surface area contributed by atoms with Crippen molar-refractivity contribution in [3.05, 3.63) is 64.2 Å². The zero-order valence-electron chi connectivity index (χ0n) is 18.1. The first kappa shape index (κ1) is 21.1. The number of hydrogen-bond donors (Lipinski definition) is 0. The van der Waals surface area contributed by atoms with Crippen LogP contribution in [0.1, 0.15) is 64.7 Å². The van der Waals surface area contributed by atoms with Crippen LogP contribution in [-0.4, -0.2) is 30.3 Å². The summed E-state index contributed by atoms with van der Waals surface area (Å²) in [6.07, 6.45) is 8.38. The Balaban J connectivity index is 1.65. The lowest BCUT2D eigenvalue weighted by atomic mass is 9.95. The summed E-state index contributed by atoms with van der Waals surface area (Å²) in [5, 5.41) is 0. The highest BCUT2D eigenvalue weighted by atomic mass is 16.5. The number of hydrogen-bond acceptors (Lipinski definition) is 3. The quantitative estimate of drug-likeness (QED) is 0.349. The molecule has 0 unspecified atom stereocenters. The van der Waals surface area contributed by atoms with Crippen LogP contribution in [0.4, 0.5) is 5.69 Å². The molecule has 1 fully saturated rings. The molecule has 0 aromatic heterocycles. The Bertz CT molecular complexity index is 865. The van der Waals surface area contributed by atoms with Gasteiger partial charge in [0.05, 0.1) is 17.6 Å². The monoisotopic (exact) mass is 392 g/mol. The van der Waals surface area contributed by atoms with Gasteiger partial charge in [-0.2, -0.15) is 0 Å². The first-order chi connectivity index (χ1) is 13.9. The van der Waals surface area contributed by atoms with Crippen LogP contribution in [0.5, 0.6) is 0 Å². The van der Waals surface area contributed by atoms with Crippen LogP contribution in [-0.2, 0) is 11.3 Å². The number of esters is 1. The molecule has 29 heavy (non-hydrogen) atoms. The fraction of sp³-hybridized carbons (Fsp3) is 0.440. The summed E-state index contributed by atoms with van der Waals surface area (Å²) < 4.78 is 5.52. The molecule has 0 saturated heterocycles. The molecule has 1 aliphatic carbocycles. The summed E-state index contributed by atoms with van der Waals surface area (Å²) in [4.78, 5) is 19.5. The van der Waals surface area contributed by atoms with Crippen molar-refractivity contribution >= 4 is 18.0 Å². The van der Waals surface area contributed by atoms with Crippen molar-refractivity contribution in [2.45, 2.75) is 65.5 Å². The number of aliphatic imine (C=N–C) groups is 1. The van der Waals surface area contributed by atoms with Crippen molar-refractivity contribution in [3.8, 4) is 0 Å².